The molecule has 8 heteroatoms. The lowest BCUT2D eigenvalue weighted by molar-refractivity contribution is 0.0934. The fraction of sp³-hybridized carbons (Fsp3) is 0.250. The van der Waals surface area contributed by atoms with Crippen LogP contribution in [0, 0.1) is 18.7 Å². The Labute approximate surface area is 170 Å². The molecule has 0 fully saturated rings. The number of aliphatic hydroxyl groups excluding tert-OH is 1. The van der Waals surface area contributed by atoms with Gasteiger partial charge in [-0.05, 0) is 49.2 Å². The SMILES string of the molecule is Cc1c(C(=O)NCC(CO)Cc2ccc(F)cc2)nnn1-c1cccc(Br)c1. The van der Waals surface area contributed by atoms with Crippen molar-refractivity contribution in [1.29, 1.82) is 0 Å². The highest BCUT2D eigenvalue weighted by Gasteiger charge is 2.19. The number of nitrogens with zero attached hydrogens (tertiary/aromatic N) is 3. The smallest absolute Gasteiger partial charge is 0.273 e. The molecular weight excluding hydrogens is 427 g/mol. The molecule has 1 unspecified atom stereocenters. The van der Waals surface area contributed by atoms with Crippen LogP contribution in [0.1, 0.15) is 21.7 Å². The predicted octanol–water partition coefficient (Wildman–Crippen LogP) is 3.06. The third-order valence-corrected chi connectivity index (χ3v) is 4.90. The number of carbonyl (C=O) groups excluding carboxylic acids is 1. The van der Waals surface area contributed by atoms with E-state index in [-0.39, 0.29) is 36.5 Å². The second-order valence-electron chi connectivity index (χ2n) is 6.50. The normalized spacial score (nSPS) is 12.0. The quantitative estimate of drug-likeness (QED) is 0.584. The van der Waals surface area contributed by atoms with E-state index in [2.05, 4.69) is 31.6 Å². The largest absolute Gasteiger partial charge is 0.396 e. The minimum Gasteiger partial charge on any atom is -0.396 e. The minimum absolute atomic E-state index is 0.0959. The number of hydrogen-bond donors (Lipinski definition) is 2. The van der Waals surface area contributed by atoms with Crippen LogP contribution in [0.15, 0.2) is 53.0 Å². The molecule has 0 saturated heterocycles. The van der Waals surface area contributed by atoms with Gasteiger partial charge in [-0.3, -0.25) is 4.79 Å². The second kappa shape index (κ2) is 9.07. The summed E-state index contributed by atoms with van der Waals surface area (Å²) in [5, 5.41) is 20.5. The molecule has 1 amide bonds. The zero-order valence-electron chi connectivity index (χ0n) is 15.3. The first-order chi connectivity index (χ1) is 13.5. The van der Waals surface area contributed by atoms with Crippen molar-refractivity contribution in [2.75, 3.05) is 13.2 Å². The number of aromatic nitrogens is 3. The maximum absolute atomic E-state index is 13.0. The van der Waals surface area contributed by atoms with Gasteiger partial charge in [-0.25, -0.2) is 9.07 Å². The van der Waals surface area contributed by atoms with E-state index in [1.807, 2.05) is 24.3 Å². The van der Waals surface area contributed by atoms with Crippen LogP contribution in [0.5, 0.6) is 0 Å². The van der Waals surface area contributed by atoms with Crippen molar-refractivity contribution in [2.24, 2.45) is 5.92 Å². The first kappa shape index (κ1) is 20.2. The average Bonchev–Trinajstić information content (AvgIpc) is 3.08. The van der Waals surface area contributed by atoms with Gasteiger partial charge in [-0.15, -0.1) is 5.10 Å². The highest BCUT2D eigenvalue weighted by Crippen LogP contribution is 2.17. The number of amides is 1. The molecule has 0 aliphatic rings. The topological polar surface area (TPSA) is 80.0 Å². The average molecular weight is 447 g/mol. The van der Waals surface area contributed by atoms with Crippen molar-refractivity contribution in [3.8, 4) is 5.69 Å². The lowest BCUT2D eigenvalue weighted by Gasteiger charge is -2.15. The maximum Gasteiger partial charge on any atom is 0.273 e. The van der Waals surface area contributed by atoms with E-state index in [1.165, 1.54) is 12.1 Å². The summed E-state index contributed by atoms with van der Waals surface area (Å²) in [6.45, 7) is 1.95. The Balaban J connectivity index is 1.65. The first-order valence-electron chi connectivity index (χ1n) is 8.79. The van der Waals surface area contributed by atoms with Crippen molar-refractivity contribution in [3.63, 3.8) is 0 Å². The molecule has 3 rings (SSSR count). The molecule has 146 valence electrons. The van der Waals surface area contributed by atoms with Crippen LogP contribution in [0.25, 0.3) is 5.69 Å². The van der Waals surface area contributed by atoms with E-state index >= 15 is 0 Å². The molecule has 0 aliphatic carbocycles. The molecule has 6 nitrogen and oxygen atoms in total. The van der Waals surface area contributed by atoms with Gasteiger partial charge in [0.15, 0.2) is 5.69 Å². The van der Waals surface area contributed by atoms with Crippen molar-refractivity contribution < 1.29 is 14.3 Å². The van der Waals surface area contributed by atoms with Crippen LogP contribution >= 0.6 is 15.9 Å². The third-order valence-electron chi connectivity index (χ3n) is 4.41. The second-order valence-corrected chi connectivity index (χ2v) is 7.42. The van der Waals surface area contributed by atoms with Gasteiger partial charge in [-0.2, -0.15) is 0 Å². The van der Waals surface area contributed by atoms with Crippen molar-refractivity contribution >= 4 is 21.8 Å². The van der Waals surface area contributed by atoms with E-state index in [0.29, 0.717) is 12.1 Å². The van der Waals surface area contributed by atoms with Crippen LogP contribution in [-0.4, -0.2) is 39.2 Å². The molecule has 0 aliphatic heterocycles. The third kappa shape index (κ3) is 4.82. The Morgan fingerprint density at radius 3 is 2.71 bits per heavy atom. The maximum atomic E-state index is 13.0. The Morgan fingerprint density at radius 1 is 1.29 bits per heavy atom. The molecule has 1 heterocycles. The van der Waals surface area contributed by atoms with Gasteiger partial charge in [0, 0.05) is 23.5 Å². The fourth-order valence-electron chi connectivity index (χ4n) is 2.87. The number of rotatable bonds is 7. The summed E-state index contributed by atoms with van der Waals surface area (Å²) in [5.41, 5.74) is 2.54. The minimum atomic E-state index is -0.351. The number of hydrogen-bond acceptors (Lipinski definition) is 4. The zero-order chi connectivity index (χ0) is 20.1. The number of carbonyl (C=O) groups is 1. The molecule has 0 bridgehead atoms. The molecule has 1 atom stereocenters. The summed E-state index contributed by atoms with van der Waals surface area (Å²) in [7, 11) is 0. The zero-order valence-corrected chi connectivity index (χ0v) is 16.9. The van der Waals surface area contributed by atoms with Crippen LogP contribution in [0.4, 0.5) is 4.39 Å². The lowest BCUT2D eigenvalue weighted by atomic mass is 10.00. The molecule has 28 heavy (non-hydrogen) atoms. The number of halogens is 2. The lowest BCUT2D eigenvalue weighted by Crippen LogP contribution is -2.32. The monoisotopic (exact) mass is 446 g/mol. The van der Waals surface area contributed by atoms with Gasteiger partial charge in [0.1, 0.15) is 5.82 Å². The van der Waals surface area contributed by atoms with Crippen LogP contribution < -0.4 is 5.32 Å². The van der Waals surface area contributed by atoms with Crippen molar-refractivity contribution in [3.05, 3.63) is 75.8 Å². The summed E-state index contributed by atoms with van der Waals surface area (Å²) in [5.74, 6) is -0.840. The summed E-state index contributed by atoms with van der Waals surface area (Å²) < 4.78 is 15.5. The molecule has 3 aromatic rings. The van der Waals surface area contributed by atoms with E-state index in [4.69, 9.17) is 0 Å². The van der Waals surface area contributed by atoms with Crippen LogP contribution in [-0.2, 0) is 6.42 Å². The van der Waals surface area contributed by atoms with Crippen LogP contribution in [0.3, 0.4) is 0 Å². The molecule has 2 N–H and O–H groups in total. The highest BCUT2D eigenvalue weighted by molar-refractivity contribution is 9.10. The summed E-state index contributed by atoms with van der Waals surface area (Å²) in [6, 6.07) is 13.6. The highest BCUT2D eigenvalue weighted by atomic mass is 79.9. The Bertz CT molecular complexity index is 959. The molecule has 1 aromatic heterocycles. The molecule has 0 saturated carbocycles. The molecule has 0 radical (unpaired) electrons. The standard InChI is InChI=1S/C20H20BrFN4O2/c1-13-19(24-25-26(13)18-4-2-3-16(21)10-18)20(28)23-11-15(12-27)9-14-5-7-17(22)8-6-14/h2-8,10,15,27H,9,11-12H2,1H3,(H,23,28). The Kier molecular flexibility index (Phi) is 6.53. The predicted molar refractivity (Wildman–Crippen MR) is 107 cm³/mol. The molecular formula is C20H20BrFN4O2. The van der Waals surface area contributed by atoms with Crippen molar-refractivity contribution in [1.82, 2.24) is 20.3 Å². The van der Waals surface area contributed by atoms with E-state index in [9.17, 15) is 14.3 Å². The number of nitrogens with one attached hydrogen (secondary N) is 1. The summed E-state index contributed by atoms with van der Waals surface area (Å²) in [6.07, 6.45) is 0.529. The van der Waals surface area contributed by atoms with Gasteiger partial charge in [0.25, 0.3) is 5.91 Å². The van der Waals surface area contributed by atoms with Gasteiger partial charge in [-0.1, -0.05) is 39.3 Å². The summed E-state index contributed by atoms with van der Waals surface area (Å²) in [4.78, 5) is 12.5. The molecule has 0 spiro atoms. The first-order valence-corrected chi connectivity index (χ1v) is 9.59. The van der Waals surface area contributed by atoms with Gasteiger partial charge in [0.05, 0.1) is 11.4 Å². The van der Waals surface area contributed by atoms with E-state index in [1.54, 1.807) is 23.7 Å². The Hall–Kier alpha value is -2.58. The van der Waals surface area contributed by atoms with E-state index < -0.39 is 0 Å². The number of aliphatic hydroxyl groups is 1. The molecule has 2 aromatic carbocycles. The van der Waals surface area contributed by atoms with E-state index in [0.717, 1.165) is 15.7 Å². The van der Waals surface area contributed by atoms with Gasteiger partial charge < -0.3 is 10.4 Å². The van der Waals surface area contributed by atoms with Crippen LogP contribution in [0.2, 0.25) is 0 Å². The fourth-order valence-corrected chi connectivity index (χ4v) is 3.26. The van der Waals surface area contributed by atoms with Crippen molar-refractivity contribution in [2.45, 2.75) is 13.3 Å². The number of benzene rings is 2. The summed E-state index contributed by atoms with van der Waals surface area (Å²) >= 11 is 3.41. The van der Waals surface area contributed by atoms with Gasteiger partial charge >= 0.3 is 0 Å². The van der Waals surface area contributed by atoms with Gasteiger partial charge in [0.2, 0.25) is 0 Å². The Morgan fingerprint density at radius 2 is 2.04 bits per heavy atom.